The van der Waals surface area contributed by atoms with Crippen LogP contribution in [0, 0.1) is 11.8 Å². The van der Waals surface area contributed by atoms with Gasteiger partial charge in [0.2, 0.25) is 11.8 Å². The Morgan fingerprint density at radius 1 is 1.08 bits per heavy atom. The van der Waals surface area contributed by atoms with Gasteiger partial charge in [0.05, 0.1) is 63.5 Å². The molecule has 9 heteroatoms. The molecule has 1 N–H and O–H groups in total. The Balaban J connectivity index is 1.50. The summed E-state index contributed by atoms with van der Waals surface area (Å²) in [6.07, 6.45) is 4.24. The number of unbranched alkanes of at least 4 members (excludes halogenated alkanes) is 1. The van der Waals surface area contributed by atoms with Gasteiger partial charge in [0, 0.05) is 0 Å². The van der Waals surface area contributed by atoms with Crippen LogP contribution in [0.5, 0.6) is 0 Å². The number of fused-ring (bicyclic) bond motifs is 5. The summed E-state index contributed by atoms with van der Waals surface area (Å²) in [4.78, 5) is 26.5. The molecule has 2 amide bonds. The summed E-state index contributed by atoms with van der Waals surface area (Å²) in [5.41, 5.74) is 0. The van der Waals surface area contributed by atoms with E-state index in [-0.39, 0.29) is 41.6 Å². The molecule has 140 valence electrons. The summed E-state index contributed by atoms with van der Waals surface area (Å²) in [7, 11) is 0.0422. The maximum absolute atomic E-state index is 12.6. The Bertz CT molecular complexity index is 671. The molecule has 2 saturated heterocycles. The number of hydrogen-bond donors (Lipinski definition) is 1. The molecule has 0 spiro atoms. The number of amides is 2. The maximum Gasteiger partial charge on any atom is 0.264 e. The molecule has 0 radical (unpaired) electrons. The number of rotatable bonds is 8. The molecule has 25 heavy (non-hydrogen) atoms. The smallest absolute Gasteiger partial charge is 0.264 e. The fraction of sp³-hybridized carbons (Fsp3) is 0.750. The third-order valence-corrected chi connectivity index (χ3v) is 6.15. The van der Waals surface area contributed by atoms with Gasteiger partial charge in [-0.2, -0.15) is 8.42 Å². The minimum absolute atomic E-state index is 0.141. The van der Waals surface area contributed by atoms with Crippen LogP contribution in [0.2, 0.25) is 0 Å². The molecule has 0 saturated carbocycles. The first-order valence-electron chi connectivity index (χ1n) is 8.55. The molecular weight excluding hydrogens is 348 g/mol. The first kappa shape index (κ1) is 18.5. The third-order valence-electron chi connectivity index (χ3n) is 5.35. The van der Waals surface area contributed by atoms with E-state index >= 15 is 0 Å². The van der Waals surface area contributed by atoms with E-state index in [0.29, 0.717) is 37.0 Å². The number of carbonyl (C=O) groups is 2. The maximum atomic E-state index is 12.6. The summed E-state index contributed by atoms with van der Waals surface area (Å²) in [6, 6.07) is 0. The van der Waals surface area contributed by atoms with Gasteiger partial charge in [-0.15, -0.1) is 0 Å². The van der Waals surface area contributed by atoms with E-state index in [1.165, 1.54) is 4.90 Å². The molecule has 0 aliphatic carbocycles. The quantitative estimate of drug-likeness (QED) is 0.206. The van der Waals surface area contributed by atoms with Gasteiger partial charge < -0.3 is 9.22 Å². The van der Waals surface area contributed by atoms with Gasteiger partial charge in [-0.3, -0.25) is 19.0 Å². The van der Waals surface area contributed by atoms with Gasteiger partial charge in [0.15, 0.2) is 0 Å². The molecule has 4 atom stereocenters. The molecule has 3 rings (SSSR count). The van der Waals surface area contributed by atoms with Crippen LogP contribution in [0.4, 0.5) is 0 Å². The van der Waals surface area contributed by atoms with Gasteiger partial charge in [0.1, 0.15) is 0 Å². The largest absolute Gasteiger partial charge is 0.365 e. The van der Waals surface area contributed by atoms with Crippen molar-refractivity contribution >= 4 is 21.9 Å². The minimum atomic E-state index is -3.92. The Hall–Kier alpha value is -1.29. The van der Waals surface area contributed by atoms with Crippen molar-refractivity contribution in [3.05, 3.63) is 12.2 Å². The van der Waals surface area contributed by atoms with Gasteiger partial charge in [-0.25, -0.2) is 0 Å². The zero-order valence-corrected chi connectivity index (χ0v) is 15.3. The highest BCUT2D eigenvalue weighted by Crippen LogP contribution is 2.44. The molecule has 4 unspecified atom stereocenters. The Kier molecular flexibility index (Phi) is 4.78. The molecule has 0 aromatic carbocycles. The second-order valence-electron chi connectivity index (χ2n) is 7.71. The fourth-order valence-corrected chi connectivity index (χ4v) is 4.46. The molecule has 3 aliphatic heterocycles. The predicted octanol–water partition coefficient (Wildman–Crippen LogP) is -0.331. The lowest BCUT2D eigenvalue weighted by atomic mass is 9.85. The lowest BCUT2D eigenvalue weighted by Gasteiger charge is -2.31. The lowest BCUT2D eigenvalue weighted by molar-refractivity contribution is -0.889. The zero-order chi connectivity index (χ0) is 18.4. The van der Waals surface area contributed by atoms with Crippen LogP contribution in [0.25, 0.3) is 0 Å². The summed E-state index contributed by atoms with van der Waals surface area (Å²) >= 11 is 0. The van der Waals surface area contributed by atoms with Crippen molar-refractivity contribution in [2.45, 2.75) is 25.0 Å². The van der Waals surface area contributed by atoms with Crippen LogP contribution in [-0.2, 0) is 24.4 Å². The molecule has 3 heterocycles. The van der Waals surface area contributed by atoms with E-state index in [1.54, 1.807) is 0 Å². The topological polar surface area (TPSA) is 101 Å². The number of imide groups is 1. The van der Waals surface area contributed by atoms with Gasteiger partial charge in [0.25, 0.3) is 10.1 Å². The minimum Gasteiger partial charge on any atom is -0.365 e. The van der Waals surface area contributed by atoms with E-state index in [0.717, 1.165) is 0 Å². The lowest BCUT2D eigenvalue weighted by Crippen LogP contribution is -2.48. The van der Waals surface area contributed by atoms with Crippen molar-refractivity contribution in [3.63, 3.8) is 0 Å². The Labute approximate surface area is 147 Å². The van der Waals surface area contributed by atoms with Crippen molar-refractivity contribution < 1.29 is 31.8 Å². The molecule has 2 bridgehead atoms. The molecule has 0 aromatic heterocycles. The van der Waals surface area contributed by atoms with Crippen molar-refractivity contribution in [2.24, 2.45) is 11.8 Å². The van der Waals surface area contributed by atoms with Crippen LogP contribution in [0.1, 0.15) is 12.8 Å². The number of hydrogen-bond acceptors (Lipinski definition) is 5. The monoisotopic (exact) mass is 373 g/mol. The van der Waals surface area contributed by atoms with Crippen LogP contribution in [0.15, 0.2) is 12.2 Å². The van der Waals surface area contributed by atoms with Gasteiger partial charge in [-0.1, -0.05) is 12.2 Å². The number of ether oxygens (including phenoxy) is 1. The highest BCUT2D eigenvalue weighted by Gasteiger charge is 2.60. The van der Waals surface area contributed by atoms with E-state index in [9.17, 15) is 18.0 Å². The van der Waals surface area contributed by atoms with Crippen molar-refractivity contribution in [1.82, 2.24) is 4.90 Å². The molecule has 0 aromatic rings. The average Bonchev–Trinajstić information content (AvgIpc) is 3.16. The van der Waals surface area contributed by atoms with Crippen LogP contribution >= 0.6 is 0 Å². The number of likely N-dealkylation sites (tertiary alicyclic amines) is 1. The molecule has 2 fully saturated rings. The van der Waals surface area contributed by atoms with E-state index < -0.39 is 10.1 Å². The third kappa shape index (κ3) is 3.79. The van der Waals surface area contributed by atoms with Crippen molar-refractivity contribution in [2.75, 3.05) is 39.5 Å². The Morgan fingerprint density at radius 2 is 1.64 bits per heavy atom. The van der Waals surface area contributed by atoms with Crippen LogP contribution in [-0.4, -0.2) is 85.9 Å². The SMILES string of the molecule is C[N+](C)(CCCCS(=O)(=O)O)CCN1C(=O)C2C3C=CC(O3)C2C1=O. The highest BCUT2D eigenvalue weighted by molar-refractivity contribution is 7.85. The van der Waals surface area contributed by atoms with E-state index in [1.807, 2.05) is 26.2 Å². The molecule has 3 aliphatic rings. The normalized spacial score (nSPS) is 31.2. The van der Waals surface area contributed by atoms with Crippen molar-refractivity contribution in [3.8, 4) is 0 Å². The number of nitrogens with zero attached hydrogens (tertiary/aromatic N) is 2. The second-order valence-corrected chi connectivity index (χ2v) is 9.28. The van der Waals surface area contributed by atoms with Gasteiger partial charge in [-0.05, 0) is 12.8 Å². The first-order chi connectivity index (χ1) is 11.6. The van der Waals surface area contributed by atoms with Gasteiger partial charge >= 0.3 is 0 Å². The summed E-state index contributed by atoms with van der Waals surface area (Å²) < 4.78 is 36.4. The average molecular weight is 373 g/mol. The Morgan fingerprint density at radius 3 is 2.16 bits per heavy atom. The fourth-order valence-electron chi connectivity index (χ4n) is 3.89. The summed E-state index contributed by atoms with van der Waals surface area (Å²) in [5.74, 6) is -1.26. The first-order valence-corrected chi connectivity index (χ1v) is 10.2. The summed E-state index contributed by atoms with van der Waals surface area (Å²) in [6.45, 7) is 1.66. The summed E-state index contributed by atoms with van der Waals surface area (Å²) in [5, 5.41) is 0. The van der Waals surface area contributed by atoms with Crippen LogP contribution in [0.3, 0.4) is 0 Å². The second kappa shape index (κ2) is 6.46. The standard InChI is InChI=1S/C16H24N2O6S/c1-18(2,8-3-4-10-25(21,22)23)9-7-17-15(19)13-11-5-6-12(24-11)14(13)16(17)20/h5-6,11-14H,3-4,7-10H2,1-2H3/p+1. The van der Waals surface area contributed by atoms with E-state index in [4.69, 9.17) is 9.29 Å². The number of likely N-dealkylation sites (N-methyl/N-ethyl adjacent to an activating group) is 1. The molecule has 8 nitrogen and oxygen atoms in total. The number of quaternary nitrogens is 1. The van der Waals surface area contributed by atoms with Crippen molar-refractivity contribution in [1.29, 1.82) is 0 Å². The number of carbonyl (C=O) groups excluding carboxylic acids is 2. The highest BCUT2D eigenvalue weighted by atomic mass is 32.2. The molecular formula is C16H25N2O6S+. The zero-order valence-electron chi connectivity index (χ0n) is 14.5. The van der Waals surface area contributed by atoms with E-state index in [2.05, 4.69) is 0 Å². The predicted molar refractivity (Wildman–Crippen MR) is 89.0 cm³/mol. The van der Waals surface area contributed by atoms with Crippen LogP contribution < -0.4 is 0 Å².